The molecule has 120 valence electrons. The van der Waals surface area contributed by atoms with E-state index in [0.717, 1.165) is 38.5 Å². The molecule has 0 fully saturated rings. The molecule has 0 saturated carbocycles. The molecule has 21 heavy (non-hydrogen) atoms. The van der Waals surface area contributed by atoms with Gasteiger partial charge in [-0.3, -0.25) is 4.79 Å². The number of carboxylic acids is 1. The molecule has 0 radical (unpaired) electrons. The Morgan fingerprint density at radius 1 is 1.00 bits per heavy atom. The SMILES string of the molecule is CC[C@@H](O)/C=C/C=C\C/C=C\CCCCCCCC(=O)O. The number of aliphatic hydroxyl groups is 1. The van der Waals surface area contributed by atoms with Gasteiger partial charge in [0.15, 0.2) is 0 Å². The summed E-state index contributed by atoms with van der Waals surface area (Å²) in [6, 6.07) is 0. The maximum atomic E-state index is 10.3. The second-order valence-corrected chi connectivity index (χ2v) is 5.20. The smallest absolute Gasteiger partial charge is 0.303 e. The summed E-state index contributed by atoms with van der Waals surface area (Å²) in [5.41, 5.74) is 0. The third-order valence-corrected chi connectivity index (χ3v) is 3.20. The van der Waals surface area contributed by atoms with Gasteiger partial charge in [-0.05, 0) is 32.1 Å². The van der Waals surface area contributed by atoms with Crippen molar-refractivity contribution in [2.24, 2.45) is 0 Å². The number of aliphatic carboxylic acids is 1. The number of carboxylic acid groups (broad SMARTS) is 1. The van der Waals surface area contributed by atoms with Gasteiger partial charge in [-0.1, -0.05) is 62.6 Å². The quantitative estimate of drug-likeness (QED) is 0.296. The summed E-state index contributed by atoms with van der Waals surface area (Å²) >= 11 is 0. The molecule has 0 bridgehead atoms. The van der Waals surface area contributed by atoms with Crippen molar-refractivity contribution in [1.29, 1.82) is 0 Å². The Hall–Kier alpha value is -1.35. The fourth-order valence-electron chi connectivity index (χ4n) is 1.85. The summed E-state index contributed by atoms with van der Waals surface area (Å²) in [5, 5.41) is 17.8. The van der Waals surface area contributed by atoms with E-state index in [1.165, 1.54) is 12.8 Å². The Morgan fingerprint density at radius 3 is 2.43 bits per heavy atom. The molecule has 0 aromatic carbocycles. The van der Waals surface area contributed by atoms with Crippen LogP contribution in [0.3, 0.4) is 0 Å². The van der Waals surface area contributed by atoms with Gasteiger partial charge in [0.2, 0.25) is 0 Å². The summed E-state index contributed by atoms with van der Waals surface area (Å²) in [7, 11) is 0. The molecule has 0 rings (SSSR count). The van der Waals surface area contributed by atoms with Gasteiger partial charge in [0, 0.05) is 6.42 Å². The van der Waals surface area contributed by atoms with Crippen LogP contribution in [-0.2, 0) is 4.79 Å². The average Bonchev–Trinajstić information content (AvgIpc) is 2.46. The molecule has 3 nitrogen and oxygen atoms in total. The third-order valence-electron chi connectivity index (χ3n) is 3.20. The van der Waals surface area contributed by atoms with Crippen LogP contribution in [-0.4, -0.2) is 22.3 Å². The fraction of sp³-hybridized carbons (Fsp3) is 0.611. The predicted molar refractivity (Wildman–Crippen MR) is 88.3 cm³/mol. The summed E-state index contributed by atoms with van der Waals surface area (Å²) in [6.45, 7) is 1.95. The minimum absolute atomic E-state index is 0.302. The zero-order valence-corrected chi connectivity index (χ0v) is 13.2. The van der Waals surface area contributed by atoms with Gasteiger partial charge in [-0.15, -0.1) is 0 Å². The summed E-state index contributed by atoms with van der Waals surface area (Å²) in [5.74, 6) is -0.690. The van der Waals surface area contributed by atoms with Gasteiger partial charge >= 0.3 is 5.97 Å². The average molecular weight is 294 g/mol. The van der Waals surface area contributed by atoms with Gasteiger partial charge in [0.05, 0.1) is 6.10 Å². The number of hydrogen-bond donors (Lipinski definition) is 2. The second-order valence-electron chi connectivity index (χ2n) is 5.20. The largest absolute Gasteiger partial charge is 0.481 e. The number of rotatable bonds is 13. The molecule has 3 heteroatoms. The Kier molecular flexibility index (Phi) is 14.1. The minimum atomic E-state index is -0.690. The topological polar surface area (TPSA) is 57.5 Å². The molecule has 0 unspecified atom stereocenters. The zero-order valence-electron chi connectivity index (χ0n) is 13.2. The van der Waals surface area contributed by atoms with E-state index in [4.69, 9.17) is 5.11 Å². The van der Waals surface area contributed by atoms with Gasteiger partial charge < -0.3 is 10.2 Å². The van der Waals surface area contributed by atoms with Crippen LogP contribution in [0.4, 0.5) is 0 Å². The van der Waals surface area contributed by atoms with E-state index in [1.807, 2.05) is 19.1 Å². The Balaban J connectivity index is 3.35. The molecule has 0 aromatic rings. The van der Waals surface area contributed by atoms with Crippen molar-refractivity contribution >= 4 is 5.97 Å². The van der Waals surface area contributed by atoms with E-state index in [2.05, 4.69) is 18.2 Å². The molecule has 1 atom stereocenters. The lowest BCUT2D eigenvalue weighted by atomic mass is 10.1. The Labute approximate surface area is 129 Å². The lowest BCUT2D eigenvalue weighted by Crippen LogP contribution is -1.97. The van der Waals surface area contributed by atoms with Gasteiger partial charge in [-0.25, -0.2) is 0 Å². The third kappa shape index (κ3) is 16.6. The van der Waals surface area contributed by atoms with E-state index in [0.29, 0.717) is 6.42 Å². The maximum Gasteiger partial charge on any atom is 0.303 e. The van der Waals surface area contributed by atoms with Crippen molar-refractivity contribution in [2.45, 2.75) is 70.8 Å². The lowest BCUT2D eigenvalue weighted by Gasteiger charge is -1.98. The van der Waals surface area contributed by atoms with Crippen LogP contribution in [0.5, 0.6) is 0 Å². The first-order valence-corrected chi connectivity index (χ1v) is 8.05. The van der Waals surface area contributed by atoms with Crippen molar-refractivity contribution in [3.63, 3.8) is 0 Å². The van der Waals surface area contributed by atoms with Gasteiger partial charge in [0.25, 0.3) is 0 Å². The first kappa shape index (κ1) is 19.7. The summed E-state index contributed by atoms with van der Waals surface area (Å²) in [4.78, 5) is 10.3. The van der Waals surface area contributed by atoms with Crippen LogP contribution in [0.1, 0.15) is 64.7 Å². The van der Waals surface area contributed by atoms with Crippen molar-refractivity contribution < 1.29 is 15.0 Å². The molecule has 0 aliphatic rings. The number of carbonyl (C=O) groups is 1. The van der Waals surface area contributed by atoms with Gasteiger partial charge in [-0.2, -0.15) is 0 Å². The van der Waals surface area contributed by atoms with E-state index >= 15 is 0 Å². The second kappa shape index (κ2) is 15.0. The van der Waals surface area contributed by atoms with E-state index < -0.39 is 5.97 Å². The number of hydrogen-bond acceptors (Lipinski definition) is 2. The van der Waals surface area contributed by atoms with Crippen molar-refractivity contribution in [1.82, 2.24) is 0 Å². The highest BCUT2D eigenvalue weighted by atomic mass is 16.4. The number of aliphatic hydroxyl groups excluding tert-OH is 1. The molecule has 0 aliphatic heterocycles. The molecule has 0 amide bonds. The van der Waals surface area contributed by atoms with Gasteiger partial charge in [0.1, 0.15) is 0 Å². The normalized spacial score (nSPS) is 13.6. The first-order chi connectivity index (χ1) is 10.2. The predicted octanol–water partition coefficient (Wildman–Crippen LogP) is 4.63. The number of unbranched alkanes of at least 4 members (excludes halogenated alkanes) is 5. The molecule has 0 saturated heterocycles. The lowest BCUT2D eigenvalue weighted by molar-refractivity contribution is -0.137. The van der Waals surface area contributed by atoms with Crippen LogP contribution in [0.25, 0.3) is 0 Å². The Morgan fingerprint density at radius 2 is 1.71 bits per heavy atom. The fourth-order valence-corrected chi connectivity index (χ4v) is 1.85. The molecule has 0 aliphatic carbocycles. The number of allylic oxidation sites excluding steroid dienone is 5. The van der Waals surface area contributed by atoms with Crippen LogP contribution in [0.2, 0.25) is 0 Å². The van der Waals surface area contributed by atoms with E-state index in [-0.39, 0.29) is 6.10 Å². The standard InChI is InChI=1S/C18H30O3/c1-2-17(19)15-13-11-9-7-5-3-4-6-8-10-12-14-16-18(20)21/h3,5,9,11,13,15,17,19H,2,4,6-8,10,12,14,16H2,1H3,(H,20,21)/b5-3-,11-9-,15-13+/t17-/m1/s1. The van der Waals surface area contributed by atoms with Crippen LogP contribution in [0.15, 0.2) is 36.5 Å². The van der Waals surface area contributed by atoms with Crippen molar-refractivity contribution in [2.75, 3.05) is 0 Å². The highest BCUT2D eigenvalue weighted by Gasteiger charge is 1.95. The van der Waals surface area contributed by atoms with Crippen LogP contribution < -0.4 is 0 Å². The molecule has 0 aromatic heterocycles. The Bertz CT molecular complexity index is 329. The molecule has 0 heterocycles. The molecular formula is C18H30O3. The highest BCUT2D eigenvalue weighted by molar-refractivity contribution is 5.66. The minimum Gasteiger partial charge on any atom is -0.481 e. The van der Waals surface area contributed by atoms with Crippen LogP contribution >= 0.6 is 0 Å². The molecule has 0 spiro atoms. The maximum absolute atomic E-state index is 10.3. The zero-order chi connectivity index (χ0) is 15.8. The molecule has 2 N–H and O–H groups in total. The van der Waals surface area contributed by atoms with Crippen molar-refractivity contribution in [3.05, 3.63) is 36.5 Å². The van der Waals surface area contributed by atoms with Crippen molar-refractivity contribution in [3.8, 4) is 0 Å². The molecular weight excluding hydrogens is 264 g/mol. The van der Waals surface area contributed by atoms with Crippen LogP contribution in [0, 0.1) is 0 Å². The van der Waals surface area contributed by atoms with E-state index in [1.54, 1.807) is 6.08 Å². The highest BCUT2D eigenvalue weighted by Crippen LogP contribution is 2.07. The summed E-state index contributed by atoms with van der Waals surface area (Å²) < 4.78 is 0. The monoisotopic (exact) mass is 294 g/mol. The van der Waals surface area contributed by atoms with E-state index in [9.17, 15) is 9.90 Å². The first-order valence-electron chi connectivity index (χ1n) is 8.05. The summed E-state index contributed by atoms with van der Waals surface area (Å²) in [6.07, 6.45) is 20.1.